The van der Waals surface area contributed by atoms with Gasteiger partial charge in [0.25, 0.3) is 0 Å². The molecule has 0 aromatic carbocycles. The van der Waals surface area contributed by atoms with Crippen LogP contribution in [-0.4, -0.2) is 30.6 Å². The zero-order chi connectivity index (χ0) is 14.0. The average Bonchev–Trinajstić information content (AvgIpc) is 2.35. The third-order valence-corrected chi connectivity index (χ3v) is 3.33. The summed E-state index contributed by atoms with van der Waals surface area (Å²) in [5.41, 5.74) is 0. The minimum absolute atomic E-state index is 0.309. The van der Waals surface area contributed by atoms with Crippen molar-refractivity contribution in [3.63, 3.8) is 0 Å². The van der Waals surface area contributed by atoms with E-state index in [1.165, 1.54) is 6.08 Å². The molecule has 5 nitrogen and oxygen atoms in total. The quantitative estimate of drug-likeness (QED) is 0.155. The van der Waals surface area contributed by atoms with E-state index in [9.17, 15) is 9.36 Å². The van der Waals surface area contributed by atoms with E-state index < -0.39 is 26.1 Å². The van der Waals surface area contributed by atoms with Gasteiger partial charge in [0, 0.05) is 12.7 Å². The third-order valence-electron chi connectivity index (χ3n) is 1.87. The molecule has 7 heteroatoms. The normalized spacial score (nSPS) is 14.7. The summed E-state index contributed by atoms with van der Waals surface area (Å²) in [6.45, 7) is 7.62. The maximum atomic E-state index is 11.7. The van der Waals surface area contributed by atoms with Gasteiger partial charge >= 0.3 is 19.8 Å². The lowest BCUT2D eigenvalue weighted by Crippen LogP contribution is -2.17. The van der Waals surface area contributed by atoms with Crippen LogP contribution in [0.25, 0.3) is 0 Å². The van der Waals surface area contributed by atoms with Crippen molar-refractivity contribution in [1.29, 1.82) is 0 Å². The molecule has 0 aliphatic heterocycles. The van der Waals surface area contributed by atoms with Gasteiger partial charge in [-0.1, -0.05) is 19.9 Å². The summed E-state index contributed by atoms with van der Waals surface area (Å²) in [5, 5.41) is 0. The van der Waals surface area contributed by atoms with Gasteiger partial charge in [-0.2, -0.15) is 0 Å². The lowest BCUT2D eigenvalue weighted by Gasteiger charge is -2.08. The smallest absolute Gasteiger partial charge is 0.409 e. The van der Waals surface area contributed by atoms with Crippen LogP contribution in [0.2, 0.25) is 0 Å². The second-order valence-electron chi connectivity index (χ2n) is 3.43. The standard InChI is InChI=1S/C11H19ClO5P/c1-4-6-7-15-9(3)17-18(14)11(5-2)16-10(13)8-12/h5,9,11H,2,4,6-8H2,1,3H3/q+1. The summed E-state index contributed by atoms with van der Waals surface area (Å²) in [7, 11) is -2.24. The number of carbonyl (C=O) groups is 1. The molecular weight excluding hydrogens is 279 g/mol. The van der Waals surface area contributed by atoms with Crippen molar-refractivity contribution >= 4 is 25.6 Å². The van der Waals surface area contributed by atoms with Crippen molar-refractivity contribution in [2.45, 2.75) is 38.8 Å². The van der Waals surface area contributed by atoms with E-state index >= 15 is 0 Å². The fraction of sp³-hybridized carbons (Fsp3) is 0.727. The van der Waals surface area contributed by atoms with Crippen LogP contribution in [0, 0.1) is 0 Å². The van der Waals surface area contributed by atoms with Gasteiger partial charge in [-0.15, -0.1) is 16.1 Å². The second-order valence-corrected chi connectivity index (χ2v) is 4.99. The summed E-state index contributed by atoms with van der Waals surface area (Å²) < 4.78 is 26.9. The predicted molar refractivity (Wildman–Crippen MR) is 69.8 cm³/mol. The van der Waals surface area contributed by atoms with Crippen molar-refractivity contribution in [2.75, 3.05) is 12.5 Å². The van der Waals surface area contributed by atoms with Gasteiger partial charge in [0.2, 0.25) is 6.29 Å². The fourth-order valence-corrected chi connectivity index (χ4v) is 1.89. The molecule has 0 radical (unpaired) electrons. The largest absolute Gasteiger partial charge is 0.560 e. The molecule has 3 atom stereocenters. The monoisotopic (exact) mass is 297 g/mol. The minimum Gasteiger partial charge on any atom is -0.409 e. The number of halogens is 1. The van der Waals surface area contributed by atoms with Crippen LogP contribution >= 0.6 is 19.6 Å². The average molecular weight is 298 g/mol. The van der Waals surface area contributed by atoms with Gasteiger partial charge in [-0.05, 0) is 17.9 Å². The first-order chi connectivity index (χ1) is 8.54. The number of esters is 1. The highest BCUT2D eigenvalue weighted by atomic mass is 35.5. The highest BCUT2D eigenvalue weighted by molar-refractivity contribution is 7.40. The predicted octanol–water partition coefficient (Wildman–Crippen LogP) is 3.20. The molecule has 0 bridgehead atoms. The van der Waals surface area contributed by atoms with Gasteiger partial charge < -0.3 is 9.47 Å². The Morgan fingerprint density at radius 2 is 2.22 bits per heavy atom. The number of hydrogen-bond acceptors (Lipinski definition) is 5. The van der Waals surface area contributed by atoms with Crippen molar-refractivity contribution < 1.29 is 23.4 Å². The fourth-order valence-electron chi connectivity index (χ4n) is 0.974. The minimum atomic E-state index is -2.24. The lowest BCUT2D eigenvalue weighted by atomic mass is 10.4. The molecule has 0 spiro atoms. The molecule has 18 heavy (non-hydrogen) atoms. The molecule has 0 heterocycles. The molecule has 0 aromatic heterocycles. The SMILES string of the molecule is C=CC(OC(=O)CCl)[P+](=O)OC(C)OCCCC. The zero-order valence-electron chi connectivity index (χ0n) is 10.6. The molecular formula is C11H19ClO5P+. The molecule has 0 saturated heterocycles. The Morgan fingerprint density at radius 1 is 1.56 bits per heavy atom. The summed E-state index contributed by atoms with van der Waals surface area (Å²) >= 11 is 5.28. The van der Waals surface area contributed by atoms with Crippen LogP contribution in [-0.2, 0) is 23.4 Å². The van der Waals surface area contributed by atoms with Crippen LogP contribution in [0.5, 0.6) is 0 Å². The number of rotatable bonds is 10. The Balaban J connectivity index is 4.10. The molecule has 0 saturated carbocycles. The Hall–Kier alpha value is -0.480. The Labute approximate surface area is 113 Å². The summed E-state index contributed by atoms with van der Waals surface area (Å²) in [4.78, 5) is 11.0. The molecule has 3 unspecified atom stereocenters. The van der Waals surface area contributed by atoms with Gasteiger partial charge in [0.15, 0.2) is 0 Å². The van der Waals surface area contributed by atoms with Crippen LogP contribution in [0.3, 0.4) is 0 Å². The first kappa shape index (κ1) is 17.5. The van der Waals surface area contributed by atoms with Crippen LogP contribution in [0.15, 0.2) is 12.7 Å². The molecule has 0 N–H and O–H groups in total. The van der Waals surface area contributed by atoms with Crippen LogP contribution in [0.1, 0.15) is 26.7 Å². The van der Waals surface area contributed by atoms with Crippen molar-refractivity contribution in [3.05, 3.63) is 12.7 Å². The third kappa shape index (κ3) is 7.77. The highest BCUT2D eigenvalue weighted by Gasteiger charge is 2.35. The van der Waals surface area contributed by atoms with E-state index in [1.54, 1.807) is 6.92 Å². The molecule has 0 amide bonds. The number of alkyl halides is 1. The first-order valence-corrected chi connectivity index (χ1v) is 7.46. The highest BCUT2D eigenvalue weighted by Crippen LogP contribution is 2.33. The number of hydrogen-bond donors (Lipinski definition) is 0. The molecule has 0 aliphatic rings. The molecule has 0 aliphatic carbocycles. The summed E-state index contributed by atoms with van der Waals surface area (Å²) in [6.07, 6.45) is 2.51. The maximum absolute atomic E-state index is 11.7. The van der Waals surface area contributed by atoms with E-state index in [-0.39, 0.29) is 5.88 Å². The Morgan fingerprint density at radius 3 is 2.72 bits per heavy atom. The Bertz CT molecular complexity index is 285. The molecule has 0 rings (SSSR count). The van der Waals surface area contributed by atoms with Crippen LogP contribution < -0.4 is 0 Å². The van der Waals surface area contributed by atoms with Crippen molar-refractivity contribution in [3.8, 4) is 0 Å². The van der Waals surface area contributed by atoms with Crippen LogP contribution in [0.4, 0.5) is 0 Å². The lowest BCUT2D eigenvalue weighted by molar-refractivity contribution is -0.141. The van der Waals surface area contributed by atoms with Gasteiger partial charge in [0.05, 0.1) is 0 Å². The van der Waals surface area contributed by atoms with Gasteiger partial charge in [-0.3, -0.25) is 4.79 Å². The first-order valence-electron chi connectivity index (χ1n) is 5.67. The van der Waals surface area contributed by atoms with E-state index in [4.69, 9.17) is 25.6 Å². The summed E-state index contributed by atoms with van der Waals surface area (Å²) in [6, 6.07) is 0. The second kappa shape index (κ2) is 10.4. The summed E-state index contributed by atoms with van der Waals surface area (Å²) in [5.74, 6) is -1.99. The molecule has 104 valence electrons. The van der Waals surface area contributed by atoms with Gasteiger partial charge in [0.1, 0.15) is 5.88 Å². The number of ether oxygens (including phenoxy) is 2. The topological polar surface area (TPSA) is 61.8 Å². The van der Waals surface area contributed by atoms with E-state index in [1.807, 2.05) is 6.92 Å². The zero-order valence-corrected chi connectivity index (χ0v) is 12.3. The molecule has 0 fully saturated rings. The van der Waals surface area contributed by atoms with Crippen molar-refractivity contribution in [1.82, 2.24) is 0 Å². The van der Waals surface area contributed by atoms with E-state index in [2.05, 4.69) is 6.58 Å². The number of unbranched alkanes of at least 4 members (excludes halogenated alkanes) is 1. The van der Waals surface area contributed by atoms with E-state index in [0.717, 1.165) is 12.8 Å². The Kier molecular flexibility index (Phi) is 10.2. The number of carbonyl (C=O) groups excluding carboxylic acids is 1. The molecule has 0 aromatic rings. The van der Waals surface area contributed by atoms with E-state index in [0.29, 0.717) is 6.61 Å². The van der Waals surface area contributed by atoms with Crippen molar-refractivity contribution in [2.24, 2.45) is 0 Å². The van der Waals surface area contributed by atoms with Gasteiger partial charge in [-0.25, -0.2) is 0 Å². The maximum Gasteiger partial charge on any atom is 0.560 e.